The van der Waals surface area contributed by atoms with Crippen LogP contribution in [0.4, 0.5) is 8.78 Å². The first-order valence-corrected chi connectivity index (χ1v) is 8.55. The molecule has 2 aliphatic rings. The molecule has 0 aromatic heterocycles. The van der Waals surface area contributed by atoms with E-state index in [4.69, 9.17) is 4.74 Å². The van der Waals surface area contributed by atoms with E-state index in [2.05, 4.69) is 4.74 Å². The summed E-state index contributed by atoms with van der Waals surface area (Å²) in [6.45, 7) is -2.26. The molecule has 2 amide bonds. The molecular formula is C18H22F2N2O4. The Bertz CT molecular complexity index is 694. The summed E-state index contributed by atoms with van der Waals surface area (Å²) in [7, 11) is 3.01. The molecule has 2 fully saturated rings. The number of amides is 2. The third-order valence-corrected chi connectivity index (χ3v) is 4.74. The van der Waals surface area contributed by atoms with Gasteiger partial charge in [-0.15, -0.1) is 0 Å². The molecule has 0 radical (unpaired) electrons. The Hall–Kier alpha value is -2.38. The van der Waals surface area contributed by atoms with E-state index >= 15 is 0 Å². The van der Waals surface area contributed by atoms with Gasteiger partial charge in [-0.3, -0.25) is 9.59 Å². The number of alkyl halides is 2. The monoisotopic (exact) mass is 368 g/mol. The van der Waals surface area contributed by atoms with E-state index in [0.717, 1.165) is 12.8 Å². The smallest absolute Gasteiger partial charge is 0.387 e. The quantitative estimate of drug-likeness (QED) is 0.741. The van der Waals surface area contributed by atoms with Gasteiger partial charge in [0.1, 0.15) is 0 Å². The van der Waals surface area contributed by atoms with Crippen molar-refractivity contribution >= 4 is 11.8 Å². The number of methoxy groups -OCH3 is 1. The predicted octanol–water partition coefficient (Wildman–Crippen LogP) is 2.27. The minimum Gasteiger partial charge on any atom is -0.493 e. The minimum atomic E-state index is -2.96. The highest BCUT2D eigenvalue weighted by Gasteiger charge is 2.42. The molecule has 1 aromatic carbocycles. The third kappa shape index (κ3) is 4.05. The Labute approximate surface area is 150 Å². The molecule has 26 heavy (non-hydrogen) atoms. The molecule has 0 N–H and O–H groups in total. The molecule has 1 aliphatic heterocycles. The fourth-order valence-electron chi connectivity index (χ4n) is 3.31. The van der Waals surface area contributed by atoms with Crippen molar-refractivity contribution in [1.29, 1.82) is 0 Å². The lowest BCUT2D eigenvalue weighted by molar-refractivity contribution is -0.135. The predicted molar refractivity (Wildman–Crippen MR) is 88.9 cm³/mol. The van der Waals surface area contributed by atoms with Gasteiger partial charge < -0.3 is 19.3 Å². The highest BCUT2D eigenvalue weighted by Crippen LogP contribution is 2.33. The standard InChI is InChI=1S/C18H22F2N2O4/c1-21(17(24)12-8-16(23)22(10-12)13-4-5-13)9-11-3-6-14(25-2)15(7-11)26-18(19)20/h3,6-7,12-13,18H,4-5,8-10H2,1-2H3/t12-/m1/s1. The lowest BCUT2D eigenvalue weighted by atomic mass is 10.1. The second kappa shape index (κ2) is 7.47. The first-order valence-electron chi connectivity index (χ1n) is 8.55. The molecule has 0 bridgehead atoms. The Morgan fingerprint density at radius 1 is 1.35 bits per heavy atom. The molecule has 0 unspecified atom stereocenters. The van der Waals surface area contributed by atoms with Crippen molar-refractivity contribution in [3.8, 4) is 11.5 Å². The summed E-state index contributed by atoms with van der Waals surface area (Å²) in [5.74, 6) is -0.297. The minimum absolute atomic E-state index is 0.0383. The van der Waals surface area contributed by atoms with Gasteiger partial charge in [-0.2, -0.15) is 8.78 Å². The molecule has 1 atom stereocenters. The van der Waals surface area contributed by atoms with Crippen LogP contribution in [0.1, 0.15) is 24.8 Å². The lowest BCUT2D eigenvalue weighted by Gasteiger charge is -2.22. The second-order valence-electron chi connectivity index (χ2n) is 6.74. The van der Waals surface area contributed by atoms with Gasteiger partial charge in [0.25, 0.3) is 0 Å². The molecule has 1 saturated heterocycles. The lowest BCUT2D eigenvalue weighted by Crippen LogP contribution is -2.34. The van der Waals surface area contributed by atoms with E-state index in [9.17, 15) is 18.4 Å². The summed E-state index contributed by atoms with van der Waals surface area (Å²) in [5.41, 5.74) is 0.640. The van der Waals surface area contributed by atoms with Gasteiger partial charge in [0, 0.05) is 32.6 Å². The van der Waals surface area contributed by atoms with Crippen molar-refractivity contribution in [3.63, 3.8) is 0 Å². The third-order valence-electron chi connectivity index (χ3n) is 4.74. The second-order valence-corrected chi connectivity index (χ2v) is 6.74. The maximum Gasteiger partial charge on any atom is 0.387 e. The summed E-state index contributed by atoms with van der Waals surface area (Å²) in [5, 5.41) is 0. The molecule has 1 aliphatic carbocycles. The summed E-state index contributed by atoms with van der Waals surface area (Å²) < 4.78 is 34.5. The molecule has 1 saturated carbocycles. The van der Waals surface area contributed by atoms with Gasteiger partial charge in [0.15, 0.2) is 11.5 Å². The van der Waals surface area contributed by atoms with Crippen LogP contribution in [0.5, 0.6) is 11.5 Å². The summed E-state index contributed by atoms with van der Waals surface area (Å²) in [6, 6.07) is 4.96. The van der Waals surface area contributed by atoms with E-state index in [-0.39, 0.29) is 42.2 Å². The van der Waals surface area contributed by atoms with Crippen LogP contribution in [-0.2, 0) is 16.1 Å². The van der Waals surface area contributed by atoms with E-state index in [0.29, 0.717) is 18.2 Å². The van der Waals surface area contributed by atoms with Crippen molar-refractivity contribution in [1.82, 2.24) is 9.80 Å². The van der Waals surface area contributed by atoms with Gasteiger partial charge in [-0.1, -0.05) is 6.07 Å². The van der Waals surface area contributed by atoms with Crippen molar-refractivity contribution in [2.24, 2.45) is 5.92 Å². The Morgan fingerprint density at radius 2 is 2.08 bits per heavy atom. The number of nitrogens with zero attached hydrogens (tertiary/aromatic N) is 2. The fourth-order valence-corrected chi connectivity index (χ4v) is 3.31. The van der Waals surface area contributed by atoms with E-state index in [1.165, 1.54) is 24.1 Å². The highest BCUT2D eigenvalue weighted by molar-refractivity contribution is 5.89. The summed E-state index contributed by atoms with van der Waals surface area (Å²) in [6.07, 6.45) is 2.27. The largest absolute Gasteiger partial charge is 0.493 e. The Morgan fingerprint density at radius 3 is 2.69 bits per heavy atom. The van der Waals surface area contributed by atoms with Gasteiger partial charge in [0.2, 0.25) is 11.8 Å². The number of rotatable bonds is 7. The van der Waals surface area contributed by atoms with Crippen LogP contribution in [0.15, 0.2) is 18.2 Å². The number of carbonyl (C=O) groups is 2. The zero-order valence-electron chi connectivity index (χ0n) is 14.8. The molecule has 6 nitrogen and oxygen atoms in total. The molecular weight excluding hydrogens is 346 g/mol. The van der Waals surface area contributed by atoms with Crippen molar-refractivity contribution in [2.75, 3.05) is 20.7 Å². The van der Waals surface area contributed by atoms with Crippen LogP contribution in [0, 0.1) is 5.92 Å². The topological polar surface area (TPSA) is 59.1 Å². The van der Waals surface area contributed by atoms with Crippen LogP contribution in [0.2, 0.25) is 0 Å². The number of carbonyl (C=O) groups excluding carboxylic acids is 2. The van der Waals surface area contributed by atoms with Gasteiger partial charge in [-0.25, -0.2) is 0 Å². The first-order chi connectivity index (χ1) is 12.4. The van der Waals surface area contributed by atoms with E-state index in [1.807, 2.05) is 0 Å². The van der Waals surface area contributed by atoms with Crippen LogP contribution < -0.4 is 9.47 Å². The van der Waals surface area contributed by atoms with Crippen LogP contribution >= 0.6 is 0 Å². The van der Waals surface area contributed by atoms with Crippen LogP contribution in [0.25, 0.3) is 0 Å². The van der Waals surface area contributed by atoms with Crippen molar-refractivity contribution in [2.45, 2.75) is 38.5 Å². The molecule has 142 valence electrons. The Kier molecular flexibility index (Phi) is 5.29. The molecule has 1 aromatic rings. The number of ether oxygens (including phenoxy) is 2. The van der Waals surface area contributed by atoms with E-state index < -0.39 is 6.61 Å². The maximum atomic E-state index is 12.6. The normalized spacial score (nSPS) is 19.8. The zero-order valence-corrected chi connectivity index (χ0v) is 14.8. The van der Waals surface area contributed by atoms with Crippen LogP contribution in [-0.4, -0.2) is 55.0 Å². The average Bonchev–Trinajstić information content (AvgIpc) is 3.36. The number of likely N-dealkylation sites (tertiary alicyclic amines) is 1. The van der Waals surface area contributed by atoms with Crippen LogP contribution in [0.3, 0.4) is 0 Å². The number of hydrogen-bond acceptors (Lipinski definition) is 4. The SMILES string of the molecule is COc1ccc(CN(C)C(=O)[C@@H]2CC(=O)N(C3CC3)C2)cc1OC(F)F. The van der Waals surface area contributed by atoms with Gasteiger partial charge >= 0.3 is 6.61 Å². The molecule has 1 heterocycles. The molecule has 0 spiro atoms. The average molecular weight is 368 g/mol. The Balaban J connectivity index is 1.64. The number of halogens is 2. The molecule has 3 rings (SSSR count). The van der Waals surface area contributed by atoms with Gasteiger partial charge in [0.05, 0.1) is 13.0 Å². The fraction of sp³-hybridized carbons (Fsp3) is 0.556. The summed E-state index contributed by atoms with van der Waals surface area (Å²) in [4.78, 5) is 28.0. The van der Waals surface area contributed by atoms with Crippen molar-refractivity contribution in [3.05, 3.63) is 23.8 Å². The number of benzene rings is 1. The number of hydrogen-bond donors (Lipinski definition) is 0. The maximum absolute atomic E-state index is 12.6. The van der Waals surface area contributed by atoms with Crippen molar-refractivity contribution < 1.29 is 27.8 Å². The summed E-state index contributed by atoms with van der Waals surface area (Å²) >= 11 is 0. The molecule has 8 heteroatoms. The van der Waals surface area contributed by atoms with E-state index in [1.54, 1.807) is 18.0 Å². The zero-order chi connectivity index (χ0) is 18.8. The highest BCUT2D eigenvalue weighted by atomic mass is 19.3. The van der Waals surface area contributed by atoms with Gasteiger partial charge in [-0.05, 0) is 30.5 Å². The first kappa shape index (κ1) is 18.4.